The average molecular weight is 435 g/mol. The number of amides is 1. The van der Waals surface area contributed by atoms with Gasteiger partial charge in [-0.1, -0.05) is 26.0 Å². The van der Waals surface area contributed by atoms with Crippen molar-refractivity contribution >= 4 is 17.8 Å². The van der Waals surface area contributed by atoms with Gasteiger partial charge in [-0.15, -0.1) is 0 Å². The van der Waals surface area contributed by atoms with Crippen molar-refractivity contribution < 1.29 is 18.9 Å². The Balaban J connectivity index is 1.51. The minimum absolute atomic E-state index is 0.0241. The molecule has 32 heavy (non-hydrogen) atoms. The highest BCUT2D eigenvalue weighted by Crippen LogP contribution is 2.28. The van der Waals surface area contributed by atoms with Crippen molar-refractivity contribution in [2.75, 3.05) is 6.61 Å². The van der Waals surface area contributed by atoms with Gasteiger partial charge in [-0.3, -0.25) is 14.9 Å². The lowest BCUT2D eigenvalue weighted by Gasteiger charge is -2.10. The molecule has 0 saturated carbocycles. The van der Waals surface area contributed by atoms with Crippen LogP contribution in [0.5, 0.6) is 5.75 Å². The highest BCUT2D eigenvalue weighted by molar-refractivity contribution is 5.81. The zero-order valence-electron chi connectivity index (χ0n) is 18.2. The average Bonchev–Trinajstić information content (AvgIpc) is 3.26. The van der Waals surface area contributed by atoms with Crippen LogP contribution in [-0.4, -0.2) is 23.7 Å². The molecule has 0 bridgehead atoms. The molecule has 1 heterocycles. The van der Waals surface area contributed by atoms with E-state index in [4.69, 9.17) is 9.15 Å². The maximum Gasteiger partial charge on any atom is 0.277 e. The van der Waals surface area contributed by atoms with Gasteiger partial charge >= 0.3 is 0 Å². The number of rotatable bonds is 9. The predicted octanol–water partition coefficient (Wildman–Crippen LogP) is 5.21. The van der Waals surface area contributed by atoms with E-state index in [-0.39, 0.29) is 12.3 Å². The Kier molecular flexibility index (Phi) is 7.38. The molecule has 0 unspecified atom stereocenters. The van der Waals surface area contributed by atoms with Crippen molar-refractivity contribution in [2.45, 2.75) is 33.1 Å². The number of ether oxygens (including phenoxy) is 1. The SMILES string of the molecule is CC[C@@H](C)c1ccc(OCC(=O)N/N=C/c2ccc(-c3ccc([N+](=O)[O-])cc3C)o2)cc1. The van der Waals surface area contributed by atoms with Crippen molar-refractivity contribution in [2.24, 2.45) is 5.10 Å². The number of carbonyl (C=O) groups excluding carboxylic acids is 1. The van der Waals surface area contributed by atoms with Crippen molar-refractivity contribution in [3.8, 4) is 17.1 Å². The molecule has 8 heteroatoms. The first-order valence-electron chi connectivity index (χ1n) is 10.3. The molecule has 3 aromatic rings. The van der Waals surface area contributed by atoms with Gasteiger partial charge in [-0.05, 0) is 60.7 Å². The van der Waals surface area contributed by atoms with Crippen LogP contribution in [0, 0.1) is 17.0 Å². The molecule has 1 atom stereocenters. The minimum Gasteiger partial charge on any atom is -0.484 e. The van der Waals surface area contributed by atoms with Gasteiger partial charge < -0.3 is 9.15 Å². The first kappa shape index (κ1) is 22.7. The normalized spacial score (nSPS) is 12.0. The zero-order chi connectivity index (χ0) is 23.1. The molecule has 0 spiro atoms. The van der Waals surface area contributed by atoms with Crippen LogP contribution in [0.25, 0.3) is 11.3 Å². The van der Waals surface area contributed by atoms with Crippen LogP contribution >= 0.6 is 0 Å². The van der Waals surface area contributed by atoms with E-state index in [0.717, 1.165) is 17.5 Å². The first-order chi connectivity index (χ1) is 15.4. The number of hydrogen-bond acceptors (Lipinski definition) is 6. The Bertz CT molecular complexity index is 1120. The number of nitrogens with zero attached hydrogens (tertiary/aromatic N) is 2. The van der Waals surface area contributed by atoms with Gasteiger partial charge in [0.2, 0.25) is 0 Å². The lowest BCUT2D eigenvalue weighted by atomic mass is 9.99. The topological polar surface area (TPSA) is 107 Å². The fourth-order valence-corrected chi connectivity index (χ4v) is 3.08. The van der Waals surface area contributed by atoms with Gasteiger partial charge in [0.15, 0.2) is 6.61 Å². The molecule has 0 aliphatic rings. The lowest BCUT2D eigenvalue weighted by molar-refractivity contribution is -0.384. The predicted molar refractivity (Wildman–Crippen MR) is 122 cm³/mol. The highest BCUT2D eigenvalue weighted by Gasteiger charge is 2.12. The molecule has 0 aliphatic carbocycles. The summed E-state index contributed by atoms with van der Waals surface area (Å²) in [7, 11) is 0. The summed E-state index contributed by atoms with van der Waals surface area (Å²) in [5.41, 5.74) is 5.11. The molecule has 8 nitrogen and oxygen atoms in total. The fraction of sp³-hybridized carbons (Fsp3) is 0.250. The quantitative estimate of drug-likeness (QED) is 0.282. The monoisotopic (exact) mass is 435 g/mol. The smallest absolute Gasteiger partial charge is 0.277 e. The summed E-state index contributed by atoms with van der Waals surface area (Å²) in [6.07, 6.45) is 2.44. The van der Waals surface area contributed by atoms with E-state index in [0.29, 0.717) is 23.2 Å². The molecule has 166 valence electrons. The summed E-state index contributed by atoms with van der Waals surface area (Å²) >= 11 is 0. The van der Waals surface area contributed by atoms with Gasteiger partial charge in [0, 0.05) is 17.7 Å². The van der Waals surface area contributed by atoms with Gasteiger partial charge in [0.25, 0.3) is 11.6 Å². The largest absolute Gasteiger partial charge is 0.484 e. The van der Waals surface area contributed by atoms with Gasteiger partial charge in [0.05, 0.1) is 11.1 Å². The summed E-state index contributed by atoms with van der Waals surface area (Å²) in [5, 5.41) is 14.8. The fourth-order valence-electron chi connectivity index (χ4n) is 3.08. The Hall–Kier alpha value is -3.94. The third kappa shape index (κ3) is 5.81. The standard InChI is InChI=1S/C24H25N3O5/c1-4-16(2)18-5-8-20(9-6-18)31-15-24(28)26-25-14-21-10-12-23(32-21)22-11-7-19(27(29)30)13-17(22)3/h5-14,16H,4,15H2,1-3H3,(H,26,28)/b25-14+/t16-/m1/s1. The van der Waals surface area contributed by atoms with E-state index in [1.165, 1.54) is 23.9 Å². The van der Waals surface area contributed by atoms with Crippen LogP contribution in [-0.2, 0) is 4.79 Å². The Morgan fingerprint density at radius 2 is 1.97 bits per heavy atom. The minimum atomic E-state index is -0.439. The second kappa shape index (κ2) is 10.4. The third-order valence-electron chi connectivity index (χ3n) is 5.13. The Labute approximate surface area is 186 Å². The molecule has 0 aliphatic heterocycles. The number of nitrogens with one attached hydrogen (secondary N) is 1. The second-order valence-corrected chi connectivity index (χ2v) is 7.42. The molecule has 2 aromatic carbocycles. The number of non-ortho nitro benzene ring substituents is 1. The third-order valence-corrected chi connectivity index (χ3v) is 5.13. The molecule has 0 radical (unpaired) electrons. The number of benzene rings is 2. The number of nitro groups is 1. The second-order valence-electron chi connectivity index (χ2n) is 7.42. The van der Waals surface area contributed by atoms with Crippen LogP contribution in [0.2, 0.25) is 0 Å². The number of hydrazone groups is 1. The van der Waals surface area contributed by atoms with Crippen molar-refractivity contribution in [3.63, 3.8) is 0 Å². The van der Waals surface area contributed by atoms with Crippen LogP contribution < -0.4 is 10.2 Å². The van der Waals surface area contributed by atoms with E-state index < -0.39 is 10.8 Å². The number of hydrogen-bond donors (Lipinski definition) is 1. The van der Waals surface area contributed by atoms with Crippen molar-refractivity contribution in [3.05, 3.63) is 81.6 Å². The van der Waals surface area contributed by atoms with Crippen molar-refractivity contribution in [1.82, 2.24) is 5.43 Å². The summed E-state index contributed by atoms with van der Waals surface area (Å²) in [4.78, 5) is 22.4. The number of nitro benzene ring substituents is 1. The van der Waals surface area contributed by atoms with Gasteiger partial charge in [-0.25, -0.2) is 5.43 Å². The van der Waals surface area contributed by atoms with E-state index in [9.17, 15) is 14.9 Å². The number of carbonyl (C=O) groups is 1. The van der Waals surface area contributed by atoms with Crippen LogP contribution in [0.3, 0.4) is 0 Å². The molecule has 1 N–H and O–H groups in total. The van der Waals surface area contributed by atoms with Crippen LogP contribution in [0.4, 0.5) is 5.69 Å². The van der Waals surface area contributed by atoms with E-state index in [1.54, 1.807) is 25.1 Å². The number of furan rings is 1. The summed E-state index contributed by atoms with van der Waals surface area (Å²) in [6.45, 7) is 5.92. The molecular formula is C24H25N3O5. The summed E-state index contributed by atoms with van der Waals surface area (Å²) in [5.74, 6) is 1.68. The van der Waals surface area contributed by atoms with E-state index >= 15 is 0 Å². The van der Waals surface area contributed by atoms with E-state index in [2.05, 4.69) is 24.4 Å². The summed E-state index contributed by atoms with van der Waals surface area (Å²) in [6, 6.07) is 15.7. The van der Waals surface area contributed by atoms with Crippen molar-refractivity contribution in [1.29, 1.82) is 0 Å². The highest BCUT2D eigenvalue weighted by atomic mass is 16.6. The van der Waals surface area contributed by atoms with E-state index in [1.807, 2.05) is 24.3 Å². The molecular weight excluding hydrogens is 410 g/mol. The maximum absolute atomic E-state index is 12.0. The molecule has 1 aromatic heterocycles. The maximum atomic E-state index is 12.0. The molecule has 1 amide bonds. The Morgan fingerprint density at radius 3 is 2.62 bits per heavy atom. The molecule has 0 fully saturated rings. The zero-order valence-corrected chi connectivity index (χ0v) is 18.2. The van der Waals surface area contributed by atoms with Gasteiger partial charge in [0.1, 0.15) is 17.3 Å². The van der Waals surface area contributed by atoms with Crippen LogP contribution in [0.1, 0.15) is 43.1 Å². The number of aryl methyl sites for hydroxylation is 1. The first-order valence-corrected chi connectivity index (χ1v) is 10.3. The molecule has 0 saturated heterocycles. The van der Waals surface area contributed by atoms with Crippen LogP contribution in [0.15, 0.2) is 64.1 Å². The van der Waals surface area contributed by atoms with Gasteiger partial charge in [-0.2, -0.15) is 5.10 Å². The Morgan fingerprint density at radius 1 is 1.22 bits per heavy atom. The lowest BCUT2D eigenvalue weighted by Crippen LogP contribution is -2.24. The summed E-state index contributed by atoms with van der Waals surface area (Å²) < 4.78 is 11.2. The molecule has 3 rings (SSSR count).